The Bertz CT molecular complexity index is 1490. The zero-order chi connectivity index (χ0) is 28.7. The van der Waals surface area contributed by atoms with Crippen molar-refractivity contribution in [3.05, 3.63) is 93.7 Å². The molecular formula is C29H31BrFN3O6. The normalized spacial score (nSPS) is 10.8. The summed E-state index contributed by atoms with van der Waals surface area (Å²) in [6.45, 7) is 0.592. The molecule has 0 aliphatic carbocycles. The van der Waals surface area contributed by atoms with Gasteiger partial charge in [-0.1, -0.05) is 53.7 Å². The molecule has 4 rings (SSSR count). The fourth-order valence-electron chi connectivity index (χ4n) is 3.58. The zero-order valence-electron chi connectivity index (χ0n) is 20.9. The molecule has 0 unspecified atom stereocenters. The van der Waals surface area contributed by atoms with Crippen LogP contribution in [0.1, 0.15) is 33.7 Å². The van der Waals surface area contributed by atoms with Crippen LogP contribution in [0.15, 0.2) is 71.2 Å². The standard InChI is InChI=1S/C24H16BrFN2O3.C4H11NO3.CH4/c1-13-21(23(29)28-20-9-7-15(24(30)31)11-18(20)26)17-12-16(25)8-10-19(17)27-22(13)14-5-3-2-4-6-14;5-4(1-6,2-7)3-8;/h2-12H,1H3,(H,28,29)(H,30,31);6-8H,1-3,5H2;1H4. The molecule has 0 fully saturated rings. The highest BCUT2D eigenvalue weighted by molar-refractivity contribution is 9.10. The number of pyridine rings is 1. The summed E-state index contributed by atoms with van der Waals surface area (Å²) in [4.78, 5) is 29.1. The lowest BCUT2D eigenvalue weighted by Gasteiger charge is -2.20. The number of aromatic carboxylic acids is 1. The van der Waals surface area contributed by atoms with Crippen LogP contribution in [-0.4, -0.2) is 62.6 Å². The number of benzene rings is 3. The van der Waals surface area contributed by atoms with Gasteiger partial charge in [-0.25, -0.2) is 14.2 Å². The molecular weight excluding hydrogens is 585 g/mol. The van der Waals surface area contributed by atoms with Gasteiger partial charge in [0.15, 0.2) is 0 Å². The molecule has 212 valence electrons. The molecule has 0 spiro atoms. The summed E-state index contributed by atoms with van der Waals surface area (Å²) >= 11 is 3.43. The lowest BCUT2D eigenvalue weighted by Crippen LogP contribution is -2.50. The van der Waals surface area contributed by atoms with Crippen LogP contribution < -0.4 is 11.1 Å². The van der Waals surface area contributed by atoms with Crippen molar-refractivity contribution in [2.24, 2.45) is 5.73 Å². The van der Waals surface area contributed by atoms with Gasteiger partial charge in [0.1, 0.15) is 5.82 Å². The van der Waals surface area contributed by atoms with Crippen molar-refractivity contribution in [2.75, 3.05) is 25.1 Å². The van der Waals surface area contributed by atoms with Gasteiger partial charge in [0.2, 0.25) is 0 Å². The Morgan fingerprint density at radius 1 is 1.00 bits per heavy atom. The van der Waals surface area contributed by atoms with Crippen LogP contribution in [0.3, 0.4) is 0 Å². The number of nitrogens with zero attached hydrogens (tertiary/aromatic N) is 1. The topological polar surface area (TPSA) is 166 Å². The highest BCUT2D eigenvalue weighted by Crippen LogP contribution is 2.32. The highest BCUT2D eigenvalue weighted by atomic mass is 79.9. The molecule has 11 heteroatoms. The molecule has 0 bridgehead atoms. The van der Waals surface area contributed by atoms with Gasteiger partial charge in [0.05, 0.1) is 53.4 Å². The van der Waals surface area contributed by atoms with E-state index in [4.69, 9.17) is 31.1 Å². The van der Waals surface area contributed by atoms with Crippen LogP contribution in [0.2, 0.25) is 0 Å². The fourth-order valence-corrected chi connectivity index (χ4v) is 3.95. The van der Waals surface area contributed by atoms with Gasteiger partial charge in [-0.3, -0.25) is 4.79 Å². The van der Waals surface area contributed by atoms with E-state index in [0.717, 1.165) is 16.1 Å². The molecule has 0 aliphatic heterocycles. The molecule has 40 heavy (non-hydrogen) atoms. The largest absolute Gasteiger partial charge is 0.478 e. The van der Waals surface area contributed by atoms with Crippen LogP contribution in [0.4, 0.5) is 10.1 Å². The lowest BCUT2D eigenvalue weighted by molar-refractivity contribution is 0.0691. The molecule has 9 nitrogen and oxygen atoms in total. The predicted octanol–water partition coefficient (Wildman–Crippen LogP) is 4.36. The second kappa shape index (κ2) is 14.1. The van der Waals surface area contributed by atoms with Crippen molar-refractivity contribution in [3.8, 4) is 11.3 Å². The molecule has 1 aromatic heterocycles. The number of aliphatic hydroxyl groups excluding tert-OH is 3. The molecule has 0 saturated carbocycles. The minimum absolute atomic E-state index is 0. The molecule has 4 aromatic rings. The summed E-state index contributed by atoms with van der Waals surface area (Å²) in [6.07, 6.45) is 0. The predicted molar refractivity (Wildman–Crippen MR) is 156 cm³/mol. The first-order chi connectivity index (χ1) is 18.5. The average Bonchev–Trinajstić information content (AvgIpc) is 2.94. The third-order valence-corrected chi connectivity index (χ3v) is 6.37. The second-order valence-corrected chi connectivity index (χ2v) is 9.69. The summed E-state index contributed by atoms with van der Waals surface area (Å²) in [5.41, 5.74) is 6.79. The Labute approximate surface area is 239 Å². The van der Waals surface area contributed by atoms with Gasteiger partial charge in [-0.15, -0.1) is 0 Å². The molecule has 1 heterocycles. The maximum absolute atomic E-state index is 14.4. The van der Waals surface area contributed by atoms with Gasteiger partial charge in [0.25, 0.3) is 5.91 Å². The number of carboxylic acids is 1. The van der Waals surface area contributed by atoms with Crippen molar-refractivity contribution >= 4 is 44.4 Å². The number of amides is 1. The maximum atomic E-state index is 14.4. The van der Waals surface area contributed by atoms with E-state index in [1.807, 2.05) is 42.5 Å². The number of nitrogens with two attached hydrogens (primary N) is 1. The number of carboxylic acid groups (broad SMARTS) is 1. The van der Waals surface area contributed by atoms with Gasteiger partial charge in [0, 0.05) is 15.4 Å². The molecule has 7 N–H and O–H groups in total. The third-order valence-electron chi connectivity index (χ3n) is 5.87. The van der Waals surface area contributed by atoms with E-state index in [0.29, 0.717) is 27.7 Å². The Kier molecular flexibility index (Phi) is 11.4. The Morgan fingerprint density at radius 2 is 1.62 bits per heavy atom. The van der Waals surface area contributed by atoms with Crippen molar-refractivity contribution in [2.45, 2.75) is 19.9 Å². The first-order valence-corrected chi connectivity index (χ1v) is 12.4. The van der Waals surface area contributed by atoms with E-state index in [1.54, 1.807) is 13.0 Å². The van der Waals surface area contributed by atoms with E-state index >= 15 is 0 Å². The average molecular weight is 616 g/mol. The highest BCUT2D eigenvalue weighted by Gasteiger charge is 2.22. The van der Waals surface area contributed by atoms with E-state index in [1.165, 1.54) is 12.1 Å². The first kappa shape index (κ1) is 32.5. The van der Waals surface area contributed by atoms with Gasteiger partial charge >= 0.3 is 5.97 Å². The van der Waals surface area contributed by atoms with Crippen LogP contribution in [0.25, 0.3) is 22.2 Å². The number of aliphatic hydroxyl groups is 3. The summed E-state index contributed by atoms with van der Waals surface area (Å²) in [6, 6.07) is 18.3. The Hall–Kier alpha value is -3.74. The first-order valence-electron chi connectivity index (χ1n) is 11.6. The number of aromatic nitrogens is 1. The Balaban J connectivity index is 0.000000546. The van der Waals surface area contributed by atoms with Crippen molar-refractivity contribution < 1.29 is 34.4 Å². The number of hydrogen-bond donors (Lipinski definition) is 6. The van der Waals surface area contributed by atoms with Gasteiger partial charge in [-0.05, 0) is 48.9 Å². The van der Waals surface area contributed by atoms with Crippen LogP contribution in [-0.2, 0) is 0 Å². The van der Waals surface area contributed by atoms with Crippen molar-refractivity contribution in [1.82, 2.24) is 4.98 Å². The van der Waals surface area contributed by atoms with Crippen LogP contribution >= 0.6 is 15.9 Å². The van der Waals surface area contributed by atoms with Crippen molar-refractivity contribution in [1.29, 1.82) is 0 Å². The molecule has 0 aliphatic rings. The number of nitrogens with one attached hydrogen (secondary N) is 1. The number of rotatable bonds is 7. The monoisotopic (exact) mass is 615 g/mol. The van der Waals surface area contributed by atoms with Gasteiger partial charge in [-0.2, -0.15) is 0 Å². The summed E-state index contributed by atoms with van der Waals surface area (Å²) in [7, 11) is 0. The molecule has 0 radical (unpaired) electrons. The maximum Gasteiger partial charge on any atom is 0.335 e. The zero-order valence-corrected chi connectivity index (χ0v) is 22.4. The molecule has 0 atom stereocenters. The number of hydrogen-bond acceptors (Lipinski definition) is 7. The SMILES string of the molecule is C.Cc1c(-c2ccccc2)nc2ccc(Br)cc2c1C(=O)Nc1ccc(C(=O)O)cc1F.NC(CO)(CO)CO. The summed E-state index contributed by atoms with van der Waals surface area (Å²) in [5.74, 6) is -2.58. The molecule has 0 saturated heterocycles. The van der Waals surface area contributed by atoms with E-state index in [2.05, 4.69) is 21.2 Å². The van der Waals surface area contributed by atoms with Crippen LogP contribution in [0.5, 0.6) is 0 Å². The number of fused-ring (bicyclic) bond motifs is 1. The smallest absolute Gasteiger partial charge is 0.335 e. The molecule has 1 amide bonds. The Morgan fingerprint density at radius 3 is 2.15 bits per heavy atom. The van der Waals surface area contributed by atoms with E-state index in [9.17, 15) is 14.0 Å². The van der Waals surface area contributed by atoms with E-state index in [-0.39, 0.29) is 18.7 Å². The minimum atomic E-state index is -1.25. The summed E-state index contributed by atoms with van der Waals surface area (Å²) < 4.78 is 15.2. The number of anilines is 1. The summed E-state index contributed by atoms with van der Waals surface area (Å²) in [5, 5.41) is 37.2. The number of carbonyl (C=O) groups excluding carboxylic acids is 1. The lowest BCUT2D eigenvalue weighted by atomic mass is 9.97. The minimum Gasteiger partial charge on any atom is -0.478 e. The quantitative estimate of drug-likeness (QED) is 0.178. The molecule has 3 aromatic carbocycles. The second-order valence-electron chi connectivity index (χ2n) is 8.78. The number of carbonyl (C=O) groups is 2. The third kappa shape index (κ3) is 7.46. The number of halogens is 2. The fraction of sp³-hybridized carbons (Fsp3) is 0.207. The van der Waals surface area contributed by atoms with E-state index < -0.39 is 43.1 Å². The van der Waals surface area contributed by atoms with Crippen LogP contribution in [0, 0.1) is 12.7 Å². The van der Waals surface area contributed by atoms with Crippen molar-refractivity contribution in [3.63, 3.8) is 0 Å². The van der Waals surface area contributed by atoms with Gasteiger partial charge < -0.3 is 31.5 Å².